The summed E-state index contributed by atoms with van der Waals surface area (Å²) in [7, 11) is 0. The molecular weight excluding hydrogens is 178 g/mol. The van der Waals surface area contributed by atoms with E-state index < -0.39 is 12.0 Å². The van der Waals surface area contributed by atoms with E-state index in [1.807, 2.05) is 13.0 Å². The van der Waals surface area contributed by atoms with Crippen LogP contribution >= 0.6 is 0 Å². The third-order valence-electron chi connectivity index (χ3n) is 2.14. The molecule has 0 spiro atoms. The van der Waals surface area contributed by atoms with Crippen molar-refractivity contribution >= 4 is 5.97 Å². The molecule has 0 aromatic heterocycles. The highest BCUT2D eigenvalue weighted by Crippen LogP contribution is 2.21. The SMILES string of the molecule is C=CC(N)c1c(C)cccc1C(=O)O. The summed E-state index contributed by atoms with van der Waals surface area (Å²) in [6, 6.07) is 4.67. The van der Waals surface area contributed by atoms with Gasteiger partial charge in [-0.15, -0.1) is 6.58 Å². The zero-order chi connectivity index (χ0) is 10.7. The molecule has 3 nitrogen and oxygen atoms in total. The van der Waals surface area contributed by atoms with Crippen LogP contribution in [0.1, 0.15) is 27.5 Å². The molecule has 1 rings (SSSR count). The Balaban J connectivity index is 3.36. The fraction of sp³-hybridized carbons (Fsp3) is 0.182. The monoisotopic (exact) mass is 191 g/mol. The number of carboxylic acid groups (broad SMARTS) is 1. The van der Waals surface area contributed by atoms with E-state index in [4.69, 9.17) is 10.8 Å². The Kier molecular flexibility index (Phi) is 3.04. The maximum Gasteiger partial charge on any atom is 0.336 e. The van der Waals surface area contributed by atoms with Gasteiger partial charge in [-0.1, -0.05) is 18.2 Å². The van der Waals surface area contributed by atoms with E-state index in [2.05, 4.69) is 6.58 Å². The zero-order valence-corrected chi connectivity index (χ0v) is 8.03. The first-order chi connectivity index (χ1) is 6.57. The zero-order valence-electron chi connectivity index (χ0n) is 8.03. The smallest absolute Gasteiger partial charge is 0.336 e. The van der Waals surface area contributed by atoms with Crippen molar-refractivity contribution in [3.63, 3.8) is 0 Å². The van der Waals surface area contributed by atoms with Crippen LogP contribution in [-0.4, -0.2) is 11.1 Å². The van der Waals surface area contributed by atoms with Crippen LogP contribution in [0.3, 0.4) is 0 Å². The van der Waals surface area contributed by atoms with Crippen molar-refractivity contribution in [3.8, 4) is 0 Å². The minimum atomic E-state index is -0.957. The summed E-state index contributed by atoms with van der Waals surface area (Å²) in [6.45, 7) is 5.40. The second-order valence-electron chi connectivity index (χ2n) is 3.10. The molecule has 3 heteroatoms. The van der Waals surface area contributed by atoms with Gasteiger partial charge in [-0.3, -0.25) is 0 Å². The van der Waals surface area contributed by atoms with Crippen molar-refractivity contribution in [2.24, 2.45) is 5.73 Å². The number of hydrogen-bond acceptors (Lipinski definition) is 2. The first-order valence-corrected chi connectivity index (χ1v) is 4.29. The number of carboxylic acids is 1. The predicted octanol–water partition coefficient (Wildman–Crippen LogP) is 1.88. The molecule has 0 aliphatic rings. The fourth-order valence-electron chi connectivity index (χ4n) is 1.43. The third-order valence-corrected chi connectivity index (χ3v) is 2.14. The summed E-state index contributed by atoms with van der Waals surface area (Å²) in [5.74, 6) is -0.957. The van der Waals surface area contributed by atoms with Gasteiger partial charge in [0.2, 0.25) is 0 Å². The second kappa shape index (κ2) is 4.07. The summed E-state index contributed by atoms with van der Waals surface area (Å²) in [5.41, 5.74) is 7.51. The number of benzene rings is 1. The molecule has 0 heterocycles. The lowest BCUT2D eigenvalue weighted by Gasteiger charge is -2.13. The average Bonchev–Trinajstić information content (AvgIpc) is 2.16. The molecule has 1 aromatic carbocycles. The fourth-order valence-corrected chi connectivity index (χ4v) is 1.43. The Labute approximate surface area is 82.9 Å². The van der Waals surface area contributed by atoms with Crippen molar-refractivity contribution in [2.75, 3.05) is 0 Å². The highest BCUT2D eigenvalue weighted by Gasteiger charge is 2.15. The van der Waals surface area contributed by atoms with Gasteiger partial charge in [0.05, 0.1) is 5.56 Å². The molecule has 0 radical (unpaired) electrons. The normalized spacial score (nSPS) is 12.1. The topological polar surface area (TPSA) is 63.3 Å². The summed E-state index contributed by atoms with van der Waals surface area (Å²) >= 11 is 0. The Morgan fingerprint density at radius 1 is 1.64 bits per heavy atom. The van der Waals surface area contributed by atoms with Gasteiger partial charge in [-0.25, -0.2) is 4.79 Å². The quantitative estimate of drug-likeness (QED) is 0.717. The first kappa shape index (κ1) is 10.5. The molecule has 1 unspecified atom stereocenters. The van der Waals surface area contributed by atoms with Crippen molar-refractivity contribution in [1.82, 2.24) is 0 Å². The van der Waals surface area contributed by atoms with E-state index in [0.29, 0.717) is 5.56 Å². The Bertz CT molecular complexity index is 372. The van der Waals surface area contributed by atoms with Gasteiger partial charge in [0.25, 0.3) is 0 Å². The van der Waals surface area contributed by atoms with Crippen molar-refractivity contribution in [2.45, 2.75) is 13.0 Å². The minimum Gasteiger partial charge on any atom is -0.478 e. The van der Waals surface area contributed by atoms with E-state index in [0.717, 1.165) is 5.56 Å². The number of rotatable bonds is 3. The molecule has 0 fully saturated rings. The third kappa shape index (κ3) is 1.83. The Hall–Kier alpha value is -1.61. The Morgan fingerprint density at radius 2 is 2.29 bits per heavy atom. The lowest BCUT2D eigenvalue weighted by atomic mass is 9.96. The van der Waals surface area contributed by atoms with Gasteiger partial charge in [0.15, 0.2) is 0 Å². The van der Waals surface area contributed by atoms with E-state index in [1.54, 1.807) is 12.1 Å². The summed E-state index contributed by atoms with van der Waals surface area (Å²) in [4.78, 5) is 10.9. The van der Waals surface area contributed by atoms with Crippen LogP contribution in [0, 0.1) is 6.92 Å². The molecule has 0 aliphatic carbocycles. The summed E-state index contributed by atoms with van der Waals surface area (Å²) < 4.78 is 0. The van der Waals surface area contributed by atoms with Crippen molar-refractivity contribution in [3.05, 3.63) is 47.5 Å². The number of aromatic carboxylic acids is 1. The summed E-state index contributed by atoms with van der Waals surface area (Å²) in [6.07, 6.45) is 1.54. The highest BCUT2D eigenvalue weighted by molar-refractivity contribution is 5.90. The highest BCUT2D eigenvalue weighted by atomic mass is 16.4. The molecule has 0 saturated carbocycles. The maximum atomic E-state index is 10.9. The number of hydrogen-bond donors (Lipinski definition) is 2. The molecule has 1 aromatic rings. The predicted molar refractivity (Wildman–Crippen MR) is 55.3 cm³/mol. The molecule has 3 N–H and O–H groups in total. The van der Waals surface area contributed by atoms with Gasteiger partial charge in [0, 0.05) is 6.04 Å². The van der Waals surface area contributed by atoms with Crippen LogP contribution < -0.4 is 5.73 Å². The van der Waals surface area contributed by atoms with Crippen molar-refractivity contribution in [1.29, 1.82) is 0 Å². The van der Waals surface area contributed by atoms with Gasteiger partial charge in [-0.2, -0.15) is 0 Å². The maximum absolute atomic E-state index is 10.9. The van der Waals surface area contributed by atoms with Crippen LogP contribution in [-0.2, 0) is 0 Å². The number of aryl methyl sites for hydroxylation is 1. The summed E-state index contributed by atoms with van der Waals surface area (Å²) in [5, 5.41) is 8.94. The van der Waals surface area contributed by atoms with Crippen LogP contribution in [0.2, 0.25) is 0 Å². The molecule has 74 valence electrons. The molecule has 0 bridgehead atoms. The lowest BCUT2D eigenvalue weighted by molar-refractivity contribution is 0.0695. The van der Waals surface area contributed by atoms with Crippen LogP contribution in [0.25, 0.3) is 0 Å². The van der Waals surface area contributed by atoms with Crippen LogP contribution in [0.4, 0.5) is 0 Å². The van der Waals surface area contributed by atoms with Gasteiger partial charge < -0.3 is 10.8 Å². The molecule has 1 atom stereocenters. The van der Waals surface area contributed by atoms with Crippen LogP contribution in [0.5, 0.6) is 0 Å². The van der Waals surface area contributed by atoms with Gasteiger partial charge >= 0.3 is 5.97 Å². The minimum absolute atomic E-state index is 0.248. The second-order valence-corrected chi connectivity index (χ2v) is 3.10. The first-order valence-electron chi connectivity index (χ1n) is 4.29. The molecule has 0 amide bonds. The number of carbonyl (C=O) groups is 1. The van der Waals surface area contributed by atoms with Crippen molar-refractivity contribution < 1.29 is 9.90 Å². The Morgan fingerprint density at radius 3 is 2.79 bits per heavy atom. The molecule has 14 heavy (non-hydrogen) atoms. The van der Waals surface area contributed by atoms with E-state index in [1.165, 1.54) is 6.08 Å². The largest absolute Gasteiger partial charge is 0.478 e. The molecular formula is C11H13NO2. The number of nitrogens with two attached hydrogens (primary N) is 1. The average molecular weight is 191 g/mol. The van der Waals surface area contributed by atoms with Gasteiger partial charge in [0.1, 0.15) is 0 Å². The van der Waals surface area contributed by atoms with E-state index in [-0.39, 0.29) is 5.56 Å². The molecule has 0 aliphatic heterocycles. The van der Waals surface area contributed by atoms with E-state index in [9.17, 15) is 4.79 Å². The van der Waals surface area contributed by atoms with Crippen LogP contribution in [0.15, 0.2) is 30.9 Å². The van der Waals surface area contributed by atoms with Gasteiger partial charge in [-0.05, 0) is 24.1 Å². The standard InChI is InChI=1S/C11H13NO2/c1-3-9(12)10-7(2)5-4-6-8(10)11(13)14/h3-6,9H,1,12H2,2H3,(H,13,14). The van der Waals surface area contributed by atoms with E-state index >= 15 is 0 Å². The lowest BCUT2D eigenvalue weighted by Crippen LogP contribution is -2.14. The molecule has 0 saturated heterocycles.